The monoisotopic (exact) mass is 271 g/mol. The van der Waals surface area contributed by atoms with Crippen molar-refractivity contribution in [1.82, 2.24) is 15.4 Å². The highest BCUT2D eigenvalue weighted by Crippen LogP contribution is 1.99. The molecule has 0 aliphatic rings. The Kier molecular flexibility index (Phi) is 4.52. The summed E-state index contributed by atoms with van der Waals surface area (Å²) in [4.78, 5) is 8.30. The van der Waals surface area contributed by atoms with Crippen LogP contribution in [-0.4, -0.2) is 20.8 Å². The van der Waals surface area contributed by atoms with Crippen LogP contribution in [0, 0.1) is 0 Å². The summed E-state index contributed by atoms with van der Waals surface area (Å²) in [5, 5.41) is 7.48. The Morgan fingerprint density at radius 2 is 1.84 bits per heavy atom. The third-order valence-electron chi connectivity index (χ3n) is 2.27. The highest BCUT2D eigenvalue weighted by Gasteiger charge is 1.99. The molecule has 2 heterocycles. The lowest BCUT2D eigenvalue weighted by molar-refractivity contribution is 1.03. The summed E-state index contributed by atoms with van der Waals surface area (Å²) in [7, 11) is 0. The molecule has 2 N–H and O–H groups in total. The van der Waals surface area contributed by atoms with Crippen LogP contribution in [0.1, 0.15) is 12.6 Å². The van der Waals surface area contributed by atoms with Gasteiger partial charge in [-0.3, -0.25) is 10.4 Å². The molecule has 0 aliphatic heterocycles. The SMILES string of the molecule is C/C(=N/NC(=S)Nc1ccccn1)c1ccccn1. The summed E-state index contributed by atoms with van der Waals surface area (Å²) >= 11 is 5.11. The largest absolute Gasteiger partial charge is 0.316 e. The van der Waals surface area contributed by atoms with Gasteiger partial charge in [-0.15, -0.1) is 0 Å². The Hall–Kier alpha value is -2.34. The van der Waals surface area contributed by atoms with Crippen LogP contribution in [0.3, 0.4) is 0 Å². The normalized spacial score (nSPS) is 10.9. The first-order valence-corrected chi connectivity index (χ1v) is 6.10. The topological polar surface area (TPSA) is 62.2 Å². The van der Waals surface area contributed by atoms with Gasteiger partial charge in [-0.25, -0.2) is 4.98 Å². The minimum atomic E-state index is 0.383. The van der Waals surface area contributed by atoms with E-state index in [0.29, 0.717) is 10.9 Å². The number of nitrogens with zero attached hydrogens (tertiary/aromatic N) is 3. The van der Waals surface area contributed by atoms with E-state index in [9.17, 15) is 0 Å². The van der Waals surface area contributed by atoms with E-state index in [2.05, 4.69) is 25.8 Å². The smallest absolute Gasteiger partial charge is 0.192 e. The van der Waals surface area contributed by atoms with Crippen molar-refractivity contribution in [2.24, 2.45) is 5.10 Å². The minimum Gasteiger partial charge on any atom is -0.316 e. The minimum absolute atomic E-state index is 0.383. The highest BCUT2D eigenvalue weighted by molar-refractivity contribution is 7.80. The summed E-state index contributed by atoms with van der Waals surface area (Å²) < 4.78 is 0. The van der Waals surface area contributed by atoms with Gasteiger partial charge in [0.05, 0.1) is 11.4 Å². The van der Waals surface area contributed by atoms with Crippen molar-refractivity contribution in [2.75, 3.05) is 5.32 Å². The van der Waals surface area contributed by atoms with Gasteiger partial charge in [-0.1, -0.05) is 12.1 Å². The van der Waals surface area contributed by atoms with E-state index >= 15 is 0 Å². The molecule has 6 heteroatoms. The summed E-state index contributed by atoms with van der Waals surface area (Å²) in [5.74, 6) is 0.672. The van der Waals surface area contributed by atoms with E-state index in [0.717, 1.165) is 11.4 Å². The van der Waals surface area contributed by atoms with Crippen molar-refractivity contribution in [3.63, 3.8) is 0 Å². The van der Waals surface area contributed by atoms with Crippen molar-refractivity contribution < 1.29 is 0 Å². The average molecular weight is 271 g/mol. The molecule has 0 aromatic carbocycles. The van der Waals surface area contributed by atoms with Crippen LogP contribution in [0.15, 0.2) is 53.9 Å². The lowest BCUT2D eigenvalue weighted by atomic mass is 10.3. The second-order valence-corrected chi connectivity index (χ2v) is 4.10. The van der Waals surface area contributed by atoms with Crippen LogP contribution in [0.4, 0.5) is 5.82 Å². The molecular weight excluding hydrogens is 258 g/mol. The van der Waals surface area contributed by atoms with E-state index < -0.39 is 0 Å². The number of hydrazone groups is 1. The highest BCUT2D eigenvalue weighted by atomic mass is 32.1. The molecule has 0 fully saturated rings. The van der Waals surface area contributed by atoms with Crippen molar-refractivity contribution in [3.05, 3.63) is 54.5 Å². The predicted octanol–water partition coefficient (Wildman–Crippen LogP) is 2.19. The number of hydrogen-bond donors (Lipinski definition) is 2. The van der Waals surface area contributed by atoms with Gasteiger partial charge in [0.1, 0.15) is 5.82 Å². The molecule has 0 unspecified atom stereocenters. The van der Waals surface area contributed by atoms with Gasteiger partial charge in [0, 0.05) is 12.4 Å². The molecule has 0 atom stereocenters. The Morgan fingerprint density at radius 3 is 2.47 bits per heavy atom. The Labute approximate surface area is 116 Å². The van der Waals surface area contributed by atoms with E-state index in [1.165, 1.54) is 0 Å². The molecule has 0 saturated carbocycles. The van der Waals surface area contributed by atoms with Gasteiger partial charge in [0.25, 0.3) is 0 Å². The summed E-state index contributed by atoms with van der Waals surface area (Å²) in [6, 6.07) is 11.2. The average Bonchev–Trinajstić information content (AvgIpc) is 2.47. The molecule has 19 heavy (non-hydrogen) atoms. The van der Waals surface area contributed by atoms with Crippen LogP contribution >= 0.6 is 12.2 Å². The van der Waals surface area contributed by atoms with E-state index in [4.69, 9.17) is 12.2 Å². The molecule has 5 nitrogen and oxygen atoms in total. The number of anilines is 1. The van der Waals surface area contributed by atoms with Crippen LogP contribution in [0.2, 0.25) is 0 Å². The van der Waals surface area contributed by atoms with Crippen LogP contribution in [0.5, 0.6) is 0 Å². The summed E-state index contributed by atoms with van der Waals surface area (Å²) in [6.07, 6.45) is 3.41. The van der Waals surface area contributed by atoms with Crippen molar-refractivity contribution in [3.8, 4) is 0 Å². The molecule has 0 aliphatic carbocycles. The molecule has 0 spiro atoms. The maximum atomic E-state index is 5.11. The maximum Gasteiger partial charge on any atom is 0.192 e. The van der Waals surface area contributed by atoms with Gasteiger partial charge in [0.15, 0.2) is 5.11 Å². The number of thiocarbonyl (C=S) groups is 1. The maximum absolute atomic E-state index is 5.11. The second-order valence-electron chi connectivity index (χ2n) is 3.69. The standard InChI is InChI=1S/C13H13N5S/c1-10(11-6-2-4-8-14-11)17-18-13(19)16-12-7-3-5-9-15-12/h2-9H,1H3,(H2,15,16,18,19)/b17-10-. The second kappa shape index (κ2) is 6.55. The zero-order chi connectivity index (χ0) is 13.5. The lowest BCUT2D eigenvalue weighted by Gasteiger charge is -2.06. The molecule has 2 aromatic rings. The molecule has 96 valence electrons. The zero-order valence-corrected chi connectivity index (χ0v) is 11.2. The first kappa shape index (κ1) is 13.1. The molecular formula is C13H13N5S. The molecule has 2 rings (SSSR count). The summed E-state index contributed by atoms with van der Waals surface area (Å²) in [5.41, 5.74) is 4.31. The van der Waals surface area contributed by atoms with Crippen molar-refractivity contribution in [2.45, 2.75) is 6.92 Å². The fraction of sp³-hybridized carbons (Fsp3) is 0.0769. The van der Waals surface area contributed by atoms with Crippen molar-refractivity contribution in [1.29, 1.82) is 0 Å². The third-order valence-corrected chi connectivity index (χ3v) is 2.46. The predicted molar refractivity (Wildman–Crippen MR) is 80.0 cm³/mol. The van der Waals surface area contributed by atoms with Crippen LogP contribution < -0.4 is 10.7 Å². The molecule has 0 amide bonds. The number of nitrogens with one attached hydrogen (secondary N) is 2. The number of rotatable bonds is 3. The van der Waals surface area contributed by atoms with Gasteiger partial charge in [-0.05, 0) is 43.4 Å². The van der Waals surface area contributed by atoms with E-state index in [1.807, 2.05) is 43.3 Å². The van der Waals surface area contributed by atoms with Gasteiger partial charge < -0.3 is 5.32 Å². The molecule has 0 saturated heterocycles. The Bertz CT molecular complexity index is 568. The summed E-state index contributed by atoms with van der Waals surface area (Å²) in [6.45, 7) is 1.86. The lowest BCUT2D eigenvalue weighted by Crippen LogP contribution is -2.25. The quantitative estimate of drug-likeness (QED) is 0.509. The molecule has 0 bridgehead atoms. The number of hydrogen-bond acceptors (Lipinski definition) is 4. The van der Waals surface area contributed by atoms with E-state index in [1.54, 1.807) is 12.4 Å². The van der Waals surface area contributed by atoms with E-state index in [-0.39, 0.29) is 0 Å². The van der Waals surface area contributed by atoms with Crippen molar-refractivity contribution >= 4 is 28.9 Å². The fourth-order valence-electron chi connectivity index (χ4n) is 1.35. The van der Waals surface area contributed by atoms with Crippen LogP contribution in [0.25, 0.3) is 0 Å². The number of pyridine rings is 2. The van der Waals surface area contributed by atoms with Gasteiger partial charge >= 0.3 is 0 Å². The number of aromatic nitrogens is 2. The third kappa shape index (κ3) is 4.11. The van der Waals surface area contributed by atoms with Crippen LogP contribution in [-0.2, 0) is 0 Å². The van der Waals surface area contributed by atoms with Gasteiger partial charge in [0.2, 0.25) is 0 Å². The van der Waals surface area contributed by atoms with Gasteiger partial charge in [-0.2, -0.15) is 5.10 Å². The fourth-order valence-corrected chi connectivity index (χ4v) is 1.50. The Morgan fingerprint density at radius 1 is 1.11 bits per heavy atom. The molecule has 2 aromatic heterocycles. The Balaban J connectivity index is 1.93. The first-order valence-electron chi connectivity index (χ1n) is 5.69. The first-order chi connectivity index (χ1) is 9.25. The molecule has 0 radical (unpaired) electrons. The zero-order valence-electron chi connectivity index (χ0n) is 10.4.